The fraction of sp³-hybridized carbons (Fsp3) is 0. The van der Waals surface area contributed by atoms with Gasteiger partial charge in [0.25, 0.3) is 0 Å². The zero-order valence-electron chi connectivity index (χ0n) is 26.7. The van der Waals surface area contributed by atoms with Crippen LogP contribution in [0.4, 0.5) is 0 Å². The van der Waals surface area contributed by atoms with Crippen molar-refractivity contribution >= 4 is 43.6 Å². The maximum absolute atomic E-state index is 10.1. The Hall–Kier alpha value is -7.39. The van der Waals surface area contributed by atoms with Crippen molar-refractivity contribution in [1.82, 2.24) is 9.13 Å². The molecule has 0 bridgehead atoms. The minimum Gasteiger partial charge on any atom is -0.309 e. The zero-order valence-corrected chi connectivity index (χ0v) is 26.7. The third-order valence-electron chi connectivity index (χ3n) is 9.58. The van der Waals surface area contributed by atoms with Crippen molar-refractivity contribution in [1.29, 1.82) is 15.8 Å². The topological polar surface area (TPSA) is 81.2 Å². The van der Waals surface area contributed by atoms with Gasteiger partial charge in [0, 0.05) is 32.8 Å². The lowest BCUT2D eigenvalue weighted by Crippen LogP contribution is -1.98. The standard InChI is InChI=1S/C45H25N5/c46-26-29-14-20-44-40(23-29)39-9-3-6-12-43(39)50(44)45-24-30(27-47)13-19-36(45)33-17-15-32(16-18-33)34-21-31(28-48)22-35(25-34)49-41-10-4-1-7-37(41)38-8-2-5-11-42(38)49/h1-25H. The first-order valence-electron chi connectivity index (χ1n) is 16.3. The molecule has 0 spiro atoms. The van der Waals surface area contributed by atoms with Gasteiger partial charge in [-0.25, -0.2) is 0 Å². The van der Waals surface area contributed by atoms with E-state index in [9.17, 15) is 15.8 Å². The van der Waals surface area contributed by atoms with Crippen LogP contribution >= 0.6 is 0 Å². The second-order valence-electron chi connectivity index (χ2n) is 12.4. The van der Waals surface area contributed by atoms with E-state index in [2.05, 4.69) is 106 Å². The van der Waals surface area contributed by atoms with E-state index in [1.165, 1.54) is 10.8 Å². The van der Waals surface area contributed by atoms with Crippen LogP contribution in [0.1, 0.15) is 16.7 Å². The highest BCUT2D eigenvalue weighted by Crippen LogP contribution is 2.38. The molecular weight excluding hydrogens is 611 g/mol. The third-order valence-corrected chi connectivity index (χ3v) is 9.58. The molecule has 5 nitrogen and oxygen atoms in total. The van der Waals surface area contributed by atoms with Crippen molar-refractivity contribution in [3.63, 3.8) is 0 Å². The number of fused-ring (bicyclic) bond motifs is 6. The summed E-state index contributed by atoms with van der Waals surface area (Å²) in [5.74, 6) is 0. The highest BCUT2D eigenvalue weighted by Gasteiger charge is 2.18. The van der Waals surface area contributed by atoms with Crippen LogP contribution in [0.15, 0.2) is 152 Å². The first-order chi connectivity index (χ1) is 24.6. The molecule has 0 atom stereocenters. The van der Waals surface area contributed by atoms with Gasteiger partial charge in [0.05, 0.1) is 62.7 Å². The fourth-order valence-corrected chi connectivity index (χ4v) is 7.35. The summed E-state index contributed by atoms with van der Waals surface area (Å²) in [5.41, 5.74) is 11.6. The van der Waals surface area contributed by atoms with Gasteiger partial charge >= 0.3 is 0 Å². The minimum atomic E-state index is 0.561. The lowest BCUT2D eigenvalue weighted by atomic mass is 9.97. The van der Waals surface area contributed by atoms with Crippen LogP contribution in [-0.4, -0.2) is 9.13 Å². The molecule has 50 heavy (non-hydrogen) atoms. The normalized spacial score (nSPS) is 11.1. The Labute approximate surface area is 287 Å². The molecule has 0 saturated carbocycles. The summed E-state index contributed by atoms with van der Waals surface area (Å²) in [6.45, 7) is 0. The Morgan fingerprint density at radius 2 is 0.880 bits per heavy atom. The van der Waals surface area contributed by atoms with Gasteiger partial charge in [-0.05, 0) is 83.4 Å². The molecule has 9 aromatic rings. The molecule has 230 valence electrons. The second kappa shape index (κ2) is 11.4. The lowest BCUT2D eigenvalue weighted by Gasteiger charge is -2.15. The fourth-order valence-electron chi connectivity index (χ4n) is 7.35. The minimum absolute atomic E-state index is 0.561. The van der Waals surface area contributed by atoms with E-state index in [1.54, 1.807) is 0 Å². The average Bonchev–Trinajstić information content (AvgIpc) is 3.70. The number of hydrogen-bond acceptors (Lipinski definition) is 3. The Balaban J connectivity index is 1.19. The molecule has 0 aliphatic carbocycles. The van der Waals surface area contributed by atoms with Crippen molar-refractivity contribution in [2.45, 2.75) is 0 Å². The zero-order chi connectivity index (χ0) is 33.8. The lowest BCUT2D eigenvalue weighted by molar-refractivity contribution is 1.18. The number of nitrogens with zero attached hydrogens (tertiary/aromatic N) is 5. The molecule has 0 aliphatic rings. The Morgan fingerprint density at radius 3 is 1.52 bits per heavy atom. The predicted molar refractivity (Wildman–Crippen MR) is 200 cm³/mol. The first-order valence-corrected chi connectivity index (χ1v) is 16.3. The molecule has 7 aromatic carbocycles. The molecule has 0 N–H and O–H groups in total. The third kappa shape index (κ3) is 4.45. The van der Waals surface area contributed by atoms with Crippen molar-refractivity contribution in [2.75, 3.05) is 0 Å². The van der Waals surface area contributed by atoms with E-state index in [-0.39, 0.29) is 0 Å². The van der Waals surface area contributed by atoms with Gasteiger partial charge < -0.3 is 9.13 Å². The number of benzene rings is 7. The van der Waals surface area contributed by atoms with Crippen LogP contribution in [0, 0.1) is 34.0 Å². The maximum atomic E-state index is 10.1. The average molecular weight is 636 g/mol. The quantitative estimate of drug-likeness (QED) is 0.193. The summed E-state index contributed by atoms with van der Waals surface area (Å²) >= 11 is 0. The Kier molecular flexibility index (Phi) is 6.56. The van der Waals surface area contributed by atoms with Crippen LogP contribution in [0.5, 0.6) is 0 Å². The number of aromatic nitrogens is 2. The molecule has 2 heterocycles. The van der Waals surface area contributed by atoms with Gasteiger partial charge in [-0.2, -0.15) is 15.8 Å². The van der Waals surface area contributed by atoms with Crippen LogP contribution in [-0.2, 0) is 0 Å². The van der Waals surface area contributed by atoms with E-state index in [4.69, 9.17) is 0 Å². The van der Waals surface area contributed by atoms with Crippen molar-refractivity contribution < 1.29 is 0 Å². The Morgan fingerprint density at radius 1 is 0.360 bits per heavy atom. The van der Waals surface area contributed by atoms with E-state index in [0.717, 1.165) is 66.5 Å². The summed E-state index contributed by atoms with van der Waals surface area (Å²) in [4.78, 5) is 0. The highest BCUT2D eigenvalue weighted by molar-refractivity contribution is 6.11. The molecule has 0 saturated heterocycles. The second-order valence-corrected chi connectivity index (χ2v) is 12.4. The van der Waals surface area contributed by atoms with Crippen LogP contribution in [0.25, 0.3) is 77.2 Å². The monoisotopic (exact) mass is 635 g/mol. The predicted octanol–water partition coefficient (Wildman–Crippen LogP) is 10.8. The number of hydrogen-bond donors (Lipinski definition) is 0. The SMILES string of the molecule is N#Cc1cc(-c2ccc(-c3ccc(C#N)cc3-n3c4ccccc4c4cc(C#N)ccc43)cc2)cc(-n2c3ccccc3c3ccccc32)c1. The molecule has 2 aromatic heterocycles. The molecule has 5 heteroatoms. The first kappa shape index (κ1) is 28.8. The van der Waals surface area contributed by atoms with Gasteiger partial charge in [0.1, 0.15) is 0 Å². The van der Waals surface area contributed by atoms with Crippen molar-refractivity contribution in [2.24, 2.45) is 0 Å². The molecule has 0 radical (unpaired) electrons. The number of rotatable bonds is 4. The summed E-state index contributed by atoms with van der Waals surface area (Å²) in [7, 11) is 0. The van der Waals surface area contributed by atoms with Gasteiger partial charge in [-0.1, -0.05) is 84.9 Å². The van der Waals surface area contributed by atoms with Gasteiger partial charge in [0.15, 0.2) is 0 Å². The van der Waals surface area contributed by atoms with E-state index in [0.29, 0.717) is 16.7 Å². The summed E-state index contributed by atoms with van der Waals surface area (Å²) in [6, 6.07) is 57.8. The highest BCUT2D eigenvalue weighted by atomic mass is 15.0. The molecule has 0 fully saturated rings. The van der Waals surface area contributed by atoms with Crippen molar-refractivity contribution in [3.8, 4) is 51.8 Å². The van der Waals surface area contributed by atoms with E-state index >= 15 is 0 Å². The number of nitriles is 3. The number of para-hydroxylation sites is 3. The van der Waals surface area contributed by atoms with Crippen LogP contribution < -0.4 is 0 Å². The molecule has 0 amide bonds. The van der Waals surface area contributed by atoms with Crippen LogP contribution in [0.2, 0.25) is 0 Å². The largest absolute Gasteiger partial charge is 0.309 e. The summed E-state index contributed by atoms with van der Waals surface area (Å²) < 4.78 is 4.42. The maximum Gasteiger partial charge on any atom is 0.0992 e. The smallest absolute Gasteiger partial charge is 0.0992 e. The molecule has 0 unspecified atom stereocenters. The summed E-state index contributed by atoms with van der Waals surface area (Å²) in [6.07, 6.45) is 0. The molecule has 9 rings (SSSR count). The summed E-state index contributed by atoms with van der Waals surface area (Å²) in [5, 5.41) is 34.0. The van der Waals surface area contributed by atoms with Gasteiger partial charge in [-0.15, -0.1) is 0 Å². The van der Waals surface area contributed by atoms with Gasteiger partial charge in [-0.3, -0.25) is 0 Å². The van der Waals surface area contributed by atoms with Crippen molar-refractivity contribution in [3.05, 3.63) is 168 Å². The Bertz CT molecular complexity index is 2900. The van der Waals surface area contributed by atoms with Gasteiger partial charge in [0.2, 0.25) is 0 Å². The van der Waals surface area contributed by atoms with E-state index < -0.39 is 0 Å². The molecule has 0 aliphatic heterocycles. The molecular formula is C45H25N5. The van der Waals surface area contributed by atoms with Crippen LogP contribution in [0.3, 0.4) is 0 Å². The van der Waals surface area contributed by atoms with E-state index in [1.807, 2.05) is 72.8 Å².